The number of pyridine rings is 1. The molecule has 0 aliphatic rings. The number of aromatic nitrogens is 1. The molecule has 1 heterocycles. The Balaban J connectivity index is 1.47. The van der Waals surface area contributed by atoms with Gasteiger partial charge in [0.1, 0.15) is 29.0 Å². The number of hydrogen-bond acceptors (Lipinski definition) is 4. The van der Waals surface area contributed by atoms with Crippen LogP contribution in [0.25, 0.3) is 5.70 Å². The molecule has 0 unspecified atom stereocenters. The summed E-state index contributed by atoms with van der Waals surface area (Å²) in [7, 11) is 0. The molecule has 0 saturated carbocycles. The second-order valence-corrected chi connectivity index (χ2v) is 7.51. The lowest BCUT2D eigenvalue weighted by atomic mass is 10.0. The van der Waals surface area contributed by atoms with Gasteiger partial charge in [-0.3, -0.25) is 0 Å². The molecule has 0 fully saturated rings. The molecule has 33 heavy (non-hydrogen) atoms. The van der Waals surface area contributed by atoms with E-state index in [1.807, 2.05) is 61.5 Å². The van der Waals surface area contributed by atoms with Gasteiger partial charge in [0.05, 0.1) is 0 Å². The van der Waals surface area contributed by atoms with Crippen molar-refractivity contribution in [3.63, 3.8) is 0 Å². The van der Waals surface area contributed by atoms with Crippen molar-refractivity contribution in [2.24, 2.45) is 0 Å². The summed E-state index contributed by atoms with van der Waals surface area (Å²) in [5.74, 6) is 0.757. The molecule has 0 aliphatic heterocycles. The molecule has 2 N–H and O–H groups in total. The van der Waals surface area contributed by atoms with Crippen LogP contribution in [-0.4, -0.2) is 4.98 Å². The first kappa shape index (κ1) is 22.0. The Morgan fingerprint density at radius 2 is 1.70 bits per heavy atom. The maximum absolute atomic E-state index is 13.4. The number of nitrogens with zero attached hydrogens (tertiary/aromatic N) is 1. The van der Waals surface area contributed by atoms with Crippen LogP contribution in [0.2, 0.25) is 0 Å². The fourth-order valence-electron chi connectivity index (χ4n) is 3.41. The van der Waals surface area contributed by atoms with Crippen LogP contribution in [-0.2, 0) is 6.54 Å². The molecule has 166 valence electrons. The molecule has 0 saturated heterocycles. The van der Waals surface area contributed by atoms with Gasteiger partial charge in [-0.1, -0.05) is 36.9 Å². The second kappa shape index (κ2) is 9.96. The van der Waals surface area contributed by atoms with Gasteiger partial charge in [0.2, 0.25) is 0 Å². The smallest absolute Gasteiger partial charge is 0.134 e. The van der Waals surface area contributed by atoms with Gasteiger partial charge in [-0.05, 0) is 48.9 Å². The summed E-state index contributed by atoms with van der Waals surface area (Å²) in [6.07, 6.45) is 1.68. The van der Waals surface area contributed by atoms with Gasteiger partial charge in [-0.25, -0.2) is 13.8 Å². The number of anilines is 2. The molecule has 4 aromatic rings. The van der Waals surface area contributed by atoms with Crippen molar-refractivity contribution >= 4 is 17.2 Å². The minimum atomic E-state index is -0.609. The molecule has 1 aromatic heterocycles. The highest BCUT2D eigenvalue weighted by atomic mass is 19.1. The average Bonchev–Trinajstić information content (AvgIpc) is 2.79. The number of rotatable bonds is 8. The molecule has 4 nitrogen and oxygen atoms in total. The number of halogens is 2. The molecule has 6 heteroatoms. The van der Waals surface area contributed by atoms with E-state index >= 15 is 0 Å². The predicted octanol–water partition coefficient (Wildman–Crippen LogP) is 6.96. The van der Waals surface area contributed by atoms with Gasteiger partial charge in [-0.15, -0.1) is 0 Å². The molecule has 3 aromatic carbocycles. The first-order valence-corrected chi connectivity index (χ1v) is 10.4. The standard InChI is InChI=1S/C27H23F2N3O/c1-18-25(19(2)31-17-20-13-21(28)15-22(29)14-20)9-6-10-26(18)33-24-11-12-30-27(16-24)32-23-7-4-3-5-8-23/h3-16,31H,2,17H2,1H3,(H,30,32). The lowest BCUT2D eigenvalue weighted by Crippen LogP contribution is -2.12. The van der Waals surface area contributed by atoms with E-state index in [0.29, 0.717) is 28.6 Å². The van der Waals surface area contributed by atoms with Gasteiger partial charge in [0.25, 0.3) is 0 Å². The van der Waals surface area contributed by atoms with Gasteiger partial charge >= 0.3 is 0 Å². The van der Waals surface area contributed by atoms with Crippen molar-refractivity contribution < 1.29 is 13.5 Å². The lowest BCUT2D eigenvalue weighted by Gasteiger charge is -2.16. The van der Waals surface area contributed by atoms with Gasteiger partial charge < -0.3 is 15.4 Å². The van der Waals surface area contributed by atoms with E-state index in [0.717, 1.165) is 22.9 Å². The van der Waals surface area contributed by atoms with E-state index in [-0.39, 0.29) is 6.54 Å². The number of ether oxygens (including phenoxy) is 1. The van der Waals surface area contributed by atoms with Crippen LogP contribution in [0.4, 0.5) is 20.3 Å². The molecule has 0 radical (unpaired) electrons. The van der Waals surface area contributed by atoms with E-state index in [1.165, 1.54) is 12.1 Å². The molecular weight excluding hydrogens is 420 g/mol. The number of nitrogens with one attached hydrogen (secondary N) is 2. The maximum atomic E-state index is 13.4. The fourth-order valence-corrected chi connectivity index (χ4v) is 3.41. The third-order valence-electron chi connectivity index (χ3n) is 5.04. The van der Waals surface area contributed by atoms with E-state index in [9.17, 15) is 8.78 Å². The average molecular weight is 443 g/mol. The minimum absolute atomic E-state index is 0.247. The maximum Gasteiger partial charge on any atom is 0.134 e. The first-order valence-electron chi connectivity index (χ1n) is 10.4. The summed E-state index contributed by atoms with van der Waals surface area (Å²) >= 11 is 0. The van der Waals surface area contributed by atoms with Crippen molar-refractivity contribution in [2.75, 3.05) is 5.32 Å². The minimum Gasteiger partial charge on any atom is -0.457 e. The highest BCUT2D eigenvalue weighted by molar-refractivity contribution is 5.67. The summed E-state index contributed by atoms with van der Waals surface area (Å²) in [6.45, 7) is 6.26. The molecule has 0 aliphatic carbocycles. The largest absolute Gasteiger partial charge is 0.457 e. The molecule has 0 spiro atoms. The summed E-state index contributed by atoms with van der Waals surface area (Å²) in [6, 6.07) is 22.5. The second-order valence-electron chi connectivity index (χ2n) is 7.51. The Kier molecular flexibility index (Phi) is 6.64. The molecule has 0 bridgehead atoms. The monoisotopic (exact) mass is 443 g/mol. The third kappa shape index (κ3) is 5.74. The Morgan fingerprint density at radius 3 is 2.45 bits per heavy atom. The van der Waals surface area contributed by atoms with Crippen LogP contribution in [0.3, 0.4) is 0 Å². The van der Waals surface area contributed by atoms with Crippen LogP contribution < -0.4 is 15.4 Å². The van der Waals surface area contributed by atoms with E-state index in [2.05, 4.69) is 22.2 Å². The summed E-state index contributed by atoms with van der Waals surface area (Å²) in [5, 5.41) is 6.38. The molecule has 4 rings (SSSR count). The highest BCUT2D eigenvalue weighted by Gasteiger charge is 2.10. The van der Waals surface area contributed by atoms with Crippen LogP contribution in [0.1, 0.15) is 16.7 Å². The Hall–Kier alpha value is -4.19. The van der Waals surface area contributed by atoms with Gasteiger partial charge in [-0.2, -0.15) is 0 Å². The van der Waals surface area contributed by atoms with Gasteiger partial charge in [0.15, 0.2) is 0 Å². The van der Waals surface area contributed by atoms with Crippen molar-refractivity contribution in [3.8, 4) is 11.5 Å². The highest BCUT2D eigenvalue weighted by Crippen LogP contribution is 2.30. The third-order valence-corrected chi connectivity index (χ3v) is 5.04. The zero-order valence-corrected chi connectivity index (χ0v) is 18.1. The van der Waals surface area contributed by atoms with Crippen molar-refractivity contribution in [1.29, 1.82) is 0 Å². The van der Waals surface area contributed by atoms with E-state index < -0.39 is 11.6 Å². The van der Waals surface area contributed by atoms with Crippen LogP contribution in [0, 0.1) is 18.6 Å². The topological polar surface area (TPSA) is 46.2 Å². The van der Waals surface area contributed by atoms with Crippen LogP contribution >= 0.6 is 0 Å². The number of hydrogen-bond donors (Lipinski definition) is 2. The SMILES string of the molecule is C=C(NCc1cc(F)cc(F)c1)c1cccc(Oc2ccnc(Nc3ccccc3)c2)c1C. The van der Waals surface area contributed by atoms with Crippen molar-refractivity contribution in [1.82, 2.24) is 10.3 Å². The molecule has 0 amide bonds. The number of para-hydroxylation sites is 1. The Morgan fingerprint density at radius 1 is 0.939 bits per heavy atom. The molecular formula is C27H23F2N3O. The van der Waals surface area contributed by atoms with Crippen molar-refractivity contribution in [3.05, 3.63) is 120 Å². The zero-order valence-electron chi connectivity index (χ0n) is 18.1. The van der Waals surface area contributed by atoms with Crippen molar-refractivity contribution in [2.45, 2.75) is 13.5 Å². The normalized spacial score (nSPS) is 10.5. The lowest BCUT2D eigenvalue weighted by molar-refractivity contribution is 0.478. The van der Waals surface area contributed by atoms with E-state index in [4.69, 9.17) is 4.74 Å². The quantitative estimate of drug-likeness (QED) is 0.309. The first-order chi connectivity index (χ1) is 16.0. The summed E-state index contributed by atoms with van der Waals surface area (Å²) in [4.78, 5) is 4.34. The summed E-state index contributed by atoms with van der Waals surface area (Å²) in [5.41, 5.74) is 3.79. The molecule has 0 atom stereocenters. The Bertz CT molecular complexity index is 1260. The number of benzene rings is 3. The predicted molar refractivity (Wildman–Crippen MR) is 127 cm³/mol. The van der Waals surface area contributed by atoms with Gasteiger partial charge in [0, 0.05) is 47.4 Å². The fraction of sp³-hybridized carbons (Fsp3) is 0.0741. The Labute approximate surface area is 191 Å². The summed E-state index contributed by atoms with van der Waals surface area (Å²) < 4.78 is 33.0. The van der Waals surface area contributed by atoms with E-state index in [1.54, 1.807) is 12.3 Å². The van der Waals surface area contributed by atoms with Crippen LogP contribution in [0.15, 0.2) is 91.6 Å². The van der Waals surface area contributed by atoms with Crippen LogP contribution in [0.5, 0.6) is 11.5 Å². The zero-order chi connectivity index (χ0) is 23.2.